The number of carbonyl (C=O) groups is 1. The van der Waals surface area contributed by atoms with Gasteiger partial charge in [-0.3, -0.25) is 0 Å². The SMILES string of the molecule is CC#CCNc1nccc(C(=O)O)c1F. The van der Waals surface area contributed by atoms with Gasteiger partial charge in [0, 0.05) is 6.20 Å². The van der Waals surface area contributed by atoms with Crippen molar-refractivity contribution in [2.24, 2.45) is 0 Å². The number of hydrogen-bond donors (Lipinski definition) is 2. The maximum absolute atomic E-state index is 13.4. The predicted octanol–water partition coefficient (Wildman–Crippen LogP) is 1.35. The molecular weight excluding hydrogens is 199 g/mol. The molecule has 0 aliphatic carbocycles. The molecule has 0 bridgehead atoms. The average molecular weight is 208 g/mol. The van der Waals surface area contributed by atoms with E-state index in [1.165, 1.54) is 6.20 Å². The van der Waals surface area contributed by atoms with E-state index < -0.39 is 17.3 Å². The molecule has 0 amide bonds. The molecule has 78 valence electrons. The first-order chi connectivity index (χ1) is 7.16. The average Bonchev–Trinajstić information content (AvgIpc) is 2.20. The number of carboxylic acids is 1. The van der Waals surface area contributed by atoms with E-state index in [1.54, 1.807) is 6.92 Å². The van der Waals surface area contributed by atoms with Crippen LogP contribution in [0.25, 0.3) is 0 Å². The minimum atomic E-state index is -1.32. The second kappa shape index (κ2) is 4.96. The Kier molecular flexibility index (Phi) is 3.63. The highest BCUT2D eigenvalue weighted by Crippen LogP contribution is 2.14. The second-order valence-electron chi connectivity index (χ2n) is 2.61. The summed E-state index contributed by atoms with van der Waals surface area (Å²) in [7, 11) is 0. The van der Waals surface area contributed by atoms with E-state index in [1.807, 2.05) is 0 Å². The number of anilines is 1. The second-order valence-corrected chi connectivity index (χ2v) is 2.61. The van der Waals surface area contributed by atoms with Crippen molar-refractivity contribution in [3.05, 3.63) is 23.6 Å². The summed E-state index contributed by atoms with van der Waals surface area (Å²) in [4.78, 5) is 14.3. The molecule has 0 spiro atoms. The summed E-state index contributed by atoms with van der Waals surface area (Å²) in [5, 5.41) is 11.2. The van der Waals surface area contributed by atoms with Crippen molar-refractivity contribution in [3.63, 3.8) is 0 Å². The van der Waals surface area contributed by atoms with Crippen LogP contribution in [-0.2, 0) is 0 Å². The minimum Gasteiger partial charge on any atom is -0.478 e. The molecule has 5 heteroatoms. The van der Waals surface area contributed by atoms with E-state index in [-0.39, 0.29) is 12.4 Å². The molecule has 0 saturated heterocycles. The molecule has 15 heavy (non-hydrogen) atoms. The lowest BCUT2D eigenvalue weighted by Crippen LogP contribution is -2.08. The Labute approximate surface area is 86.1 Å². The number of nitrogens with zero attached hydrogens (tertiary/aromatic N) is 1. The molecule has 0 saturated carbocycles. The Morgan fingerprint density at radius 3 is 3.07 bits per heavy atom. The zero-order valence-electron chi connectivity index (χ0n) is 8.04. The Morgan fingerprint density at radius 2 is 2.47 bits per heavy atom. The quantitative estimate of drug-likeness (QED) is 0.736. The monoisotopic (exact) mass is 208 g/mol. The van der Waals surface area contributed by atoms with Crippen LogP contribution in [0.3, 0.4) is 0 Å². The molecule has 0 fully saturated rings. The number of aromatic nitrogens is 1. The fourth-order valence-electron chi connectivity index (χ4n) is 0.948. The van der Waals surface area contributed by atoms with Crippen molar-refractivity contribution >= 4 is 11.8 Å². The van der Waals surface area contributed by atoms with E-state index in [2.05, 4.69) is 22.1 Å². The molecule has 0 aromatic carbocycles. The summed E-state index contributed by atoms with van der Waals surface area (Å²) in [6.07, 6.45) is 1.23. The van der Waals surface area contributed by atoms with E-state index in [0.29, 0.717) is 0 Å². The third-order valence-corrected chi connectivity index (χ3v) is 1.64. The Bertz CT molecular complexity index is 435. The third kappa shape index (κ3) is 2.68. The van der Waals surface area contributed by atoms with Gasteiger partial charge in [-0.2, -0.15) is 0 Å². The van der Waals surface area contributed by atoms with Crippen LogP contribution in [0.5, 0.6) is 0 Å². The van der Waals surface area contributed by atoms with Crippen molar-refractivity contribution < 1.29 is 14.3 Å². The maximum Gasteiger partial charge on any atom is 0.338 e. The lowest BCUT2D eigenvalue weighted by molar-refractivity contribution is 0.0692. The third-order valence-electron chi connectivity index (χ3n) is 1.64. The van der Waals surface area contributed by atoms with Gasteiger partial charge in [0.25, 0.3) is 0 Å². The van der Waals surface area contributed by atoms with Crippen LogP contribution in [0.15, 0.2) is 12.3 Å². The van der Waals surface area contributed by atoms with Gasteiger partial charge in [-0.05, 0) is 13.0 Å². The highest BCUT2D eigenvalue weighted by Gasteiger charge is 2.14. The van der Waals surface area contributed by atoms with Gasteiger partial charge in [0.2, 0.25) is 0 Å². The van der Waals surface area contributed by atoms with Gasteiger partial charge in [0.05, 0.1) is 6.54 Å². The number of carboxylic acid groups (broad SMARTS) is 1. The van der Waals surface area contributed by atoms with Crippen molar-refractivity contribution in [2.75, 3.05) is 11.9 Å². The standard InChI is InChI=1S/C10H9FN2O2/c1-2-3-5-12-9-8(11)7(10(14)15)4-6-13-9/h4,6H,5H2,1H3,(H,12,13)(H,14,15). The fraction of sp³-hybridized carbons (Fsp3) is 0.200. The summed E-state index contributed by atoms with van der Waals surface area (Å²) in [6, 6.07) is 1.11. The van der Waals surface area contributed by atoms with Crippen LogP contribution < -0.4 is 5.32 Å². The van der Waals surface area contributed by atoms with E-state index in [4.69, 9.17) is 5.11 Å². The van der Waals surface area contributed by atoms with Crippen LogP contribution in [0.1, 0.15) is 17.3 Å². The first-order valence-corrected chi connectivity index (χ1v) is 4.18. The van der Waals surface area contributed by atoms with Crippen LogP contribution in [-0.4, -0.2) is 22.6 Å². The van der Waals surface area contributed by atoms with Gasteiger partial charge < -0.3 is 10.4 Å². The maximum atomic E-state index is 13.4. The lowest BCUT2D eigenvalue weighted by Gasteiger charge is -2.04. The molecule has 1 aromatic rings. The summed E-state index contributed by atoms with van der Waals surface area (Å²) < 4.78 is 13.4. The molecule has 0 aliphatic rings. The summed E-state index contributed by atoms with van der Waals surface area (Å²) in [5.74, 6) is 2.98. The Hall–Kier alpha value is -2.09. The molecule has 0 unspecified atom stereocenters. The minimum absolute atomic E-state index is 0.0994. The van der Waals surface area contributed by atoms with Gasteiger partial charge in [-0.15, -0.1) is 5.92 Å². The zero-order valence-corrected chi connectivity index (χ0v) is 8.04. The van der Waals surface area contributed by atoms with E-state index in [9.17, 15) is 9.18 Å². The van der Waals surface area contributed by atoms with Gasteiger partial charge in [0.15, 0.2) is 11.6 Å². The number of halogens is 1. The molecule has 2 N–H and O–H groups in total. The predicted molar refractivity (Wildman–Crippen MR) is 53.1 cm³/mol. The molecule has 1 aromatic heterocycles. The number of aromatic carboxylic acids is 1. The van der Waals surface area contributed by atoms with Gasteiger partial charge >= 0.3 is 5.97 Å². The summed E-state index contributed by atoms with van der Waals surface area (Å²) in [5.41, 5.74) is -0.406. The van der Waals surface area contributed by atoms with Crippen molar-refractivity contribution in [1.82, 2.24) is 4.98 Å². The normalized spacial score (nSPS) is 8.93. The Morgan fingerprint density at radius 1 is 1.73 bits per heavy atom. The van der Waals surface area contributed by atoms with E-state index >= 15 is 0 Å². The summed E-state index contributed by atoms with van der Waals surface area (Å²) >= 11 is 0. The molecule has 0 aliphatic heterocycles. The smallest absolute Gasteiger partial charge is 0.338 e. The molecule has 1 rings (SSSR count). The lowest BCUT2D eigenvalue weighted by atomic mass is 10.2. The number of rotatable bonds is 3. The largest absolute Gasteiger partial charge is 0.478 e. The van der Waals surface area contributed by atoms with Gasteiger partial charge in [-0.1, -0.05) is 5.92 Å². The number of hydrogen-bond acceptors (Lipinski definition) is 3. The van der Waals surface area contributed by atoms with E-state index in [0.717, 1.165) is 6.07 Å². The first kappa shape index (κ1) is 11.0. The van der Waals surface area contributed by atoms with Crippen molar-refractivity contribution in [3.8, 4) is 11.8 Å². The van der Waals surface area contributed by atoms with Crippen molar-refractivity contribution in [1.29, 1.82) is 0 Å². The van der Waals surface area contributed by atoms with Crippen LogP contribution in [0.4, 0.5) is 10.2 Å². The van der Waals surface area contributed by atoms with Crippen molar-refractivity contribution in [2.45, 2.75) is 6.92 Å². The molecule has 1 heterocycles. The highest BCUT2D eigenvalue weighted by molar-refractivity contribution is 5.88. The van der Waals surface area contributed by atoms with Gasteiger partial charge in [-0.25, -0.2) is 14.2 Å². The number of pyridine rings is 1. The Balaban J connectivity index is 2.92. The number of nitrogens with one attached hydrogen (secondary N) is 1. The molecule has 0 radical (unpaired) electrons. The highest BCUT2D eigenvalue weighted by atomic mass is 19.1. The molecule has 0 atom stereocenters. The van der Waals surface area contributed by atoms with Crippen LogP contribution in [0, 0.1) is 17.7 Å². The summed E-state index contributed by atoms with van der Waals surface area (Å²) in [6.45, 7) is 1.88. The molecule has 4 nitrogen and oxygen atoms in total. The van der Waals surface area contributed by atoms with Crippen LogP contribution in [0.2, 0.25) is 0 Å². The molecular formula is C10H9FN2O2. The zero-order chi connectivity index (χ0) is 11.3. The fourth-order valence-corrected chi connectivity index (χ4v) is 0.948. The topological polar surface area (TPSA) is 62.2 Å². The van der Waals surface area contributed by atoms with Gasteiger partial charge in [0.1, 0.15) is 5.56 Å². The first-order valence-electron chi connectivity index (χ1n) is 4.18. The van der Waals surface area contributed by atoms with Crippen LogP contribution >= 0.6 is 0 Å².